The standard InChI is InChI=1S/C24H25FO5/c1-5-12-29-20-15-21(30-13-6-2)23(19(18(20)7-3)14-22(26)28-4)24(27)16-8-10-17(25)11-9-16/h5-6,8-11,15H,1-2,7,12-14H2,3-4H3. The van der Waals surface area contributed by atoms with E-state index in [1.165, 1.54) is 31.4 Å². The van der Waals surface area contributed by atoms with E-state index in [-0.39, 0.29) is 36.5 Å². The summed E-state index contributed by atoms with van der Waals surface area (Å²) in [5.74, 6) is -0.608. The van der Waals surface area contributed by atoms with Crippen molar-refractivity contribution in [2.75, 3.05) is 20.3 Å². The first-order valence-electron chi connectivity index (χ1n) is 9.49. The van der Waals surface area contributed by atoms with Crippen molar-refractivity contribution in [2.45, 2.75) is 19.8 Å². The maximum absolute atomic E-state index is 13.4. The SMILES string of the molecule is C=CCOc1cc(OCC=C)c(C(=O)c2ccc(F)cc2)c(CC(=O)OC)c1CC. The van der Waals surface area contributed by atoms with Crippen molar-refractivity contribution in [2.24, 2.45) is 0 Å². The van der Waals surface area contributed by atoms with Crippen molar-refractivity contribution in [3.8, 4) is 11.5 Å². The topological polar surface area (TPSA) is 61.8 Å². The molecule has 158 valence electrons. The van der Waals surface area contributed by atoms with Crippen LogP contribution in [-0.4, -0.2) is 32.1 Å². The van der Waals surface area contributed by atoms with Gasteiger partial charge in [0.2, 0.25) is 0 Å². The van der Waals surface area contributed by atoms with Gasteiger partial charge in [0.1, 0.15) is 30.5 Å². The fourth-order valence-corrected chi connectivity index (χ4v) is 3.06. The number of methoxy groups -OCH3 is 1. The van der Waals surface area contributed by atoms with Gasteiger partial charge in [-0.15, -0.1) is 0 Å². The number of benzene rings is 2. The Morgan fingerprint density at radius 1 is 1.00 bits per heavy atom. The number of carbonyl (C=O) groups is 2. The van der Waals surface area contributed by atoms with Gasteiger partial charge in [0.15, 0.2) is 5.78 Å². The van der Waals surface area contributed by atoms with Gasteiger partial charge in [-0.25, -0.2) is 4.39 Å². The summed E-state index contributed by atoms with van der Waals surface area (Å²) in [4.78, 5) is 25.5. The van der Waals surface area contributed by atoms with E-state index in [1.807, 2.05) is 6.92 Å². The number of ether oxygens (including phenoxy) is 3. The van der Waals surface area contributed by atoms with Gasteiger partial charge in [0, 0.05) is 11.6 Å². The lowest BCUT2D eigenvalue weighted by molar-refractivity contribution is -0.139. The number of rotatable bonds is 11. The summed E-state index contributed by atoms with van der Waals surface area (Å²) in [5, 5.41) is 0. The third-order valence-corrected chi connectivity index (χ3v) is 4.42. The van der Waals surface area contributed by atoms with Crippen LogP contribution in [0.25, 0.3) is 0 Å². The summed E-state index contributed by atoms with van der Waals surface area (Å²) in [6, 6.07) is 6.83. The second-order valence-corrected chi connectivity index (χ2v) is 6.35. The van der Waals surface area contributed by atoms with E-state index in [0.29, 0.717) is 23.3 Å². The molecule has 0 spiro atoms. The molecule has 30 heavy (non-hydrogen) atoms. The lowest BCUT2D eigenvalue weighted by Gasteiger charge is -2.21. The van der Waals surface area contributed by atoms with Crippen LogP contribution < -0.4 is 9.47 Å². The van der Waals surface area contributed by atoms with Crippen LogP contribution in [-0.2, 0) is 22.4 Å². The van der Waals surface area contributed by atoms with Crippen LogP contribution in [0.3, 0.4) is 0 Å². The number of halogens is 1. The Balaban J connectivity index is 2.76. The molecule has 2 aromatic rings. The molecule has 0 unspecified atom stereocenters. The summed E-state index contributed by atoms with van der Waals surface area (Å²) in [5.41, 5.74) is 1.64. The molecular formula is C24H25FO5. The minimum Gasteiger partial charge on any atom is -0.489 e. The zero-order valence-electron chi connectivity index (χ0n) is 17.2. The Morgan fingerprint density at radius 3 is 2.13 bits per heavy atom. The molecule has 0 aromatic heterocycles. The molecule has 0 atom stereocenters. The molecule has 0 radical (unpaired) electrons. The van der Waals surface area contributed by atoms with Crippen molar-refractivity contribution < 1.29 is 28.2 Å². The monoisotopic (exact) mass is 412 g/mol. The lowest BCUT2D eigenvalue weighted by atomic mass is 9.90. The van der Waals surface area contributed by atoms with Crippen LogP contribution in [0.15, 0.2) is 55.6 Å². The van der Waals surface area contributed by atoms with E-state index in [1.54, 1.807) is 18.2 Å². The molecule has 0 aliphatic carbocycles. The highest BCUT2D eigenvalue weighted by atomic mass is 19.1. The largest absolute Gasteiger partial charge is 0.489 e. The molecule has 2 aromatic carbocycles. The predicted octanol–water partition coefficient (Wildman–Crippen LogP) is 4.46. The van der Waals surface area contributed by atoms with Crippen molar-refractivity contribution in [3.05, 3.63) is 83.7 Å². The van der Waals surface area contributed by atoms with Crippen molar-refractivity contribution in [1.29, 1.82) is 0 Å². The number of hydrogen-bond donors (Lipinski definition) is 0. The van der Waals surface area contributed by atoms with Crippen LogP contribution in [0, 0.1) is 5.82 Å². The fraction of sp³-hybridized carbons (Fsp3) is 0.250. The van der Waals surface area contributed by atoms with Crippen LogP contribution in [0.2, 0.25) is 0 Å². The molecule has 5 nitrogen and oxygen atoms in total. The van der Waals surface area contributed by atoms with E-state index < -0.39 is 17.6 Å². The average Bonchev–Trinajstić information content (AvgIpc) is 2.75. The average molecular weight is 412 g/mol. The van der Waals surface area contributed by atoms with Gasteiger partial charge < -0.3 is 14.2 Å². The van der Waals surface area contributed by atoms with Crippen LogP contribution in [0.4, 0.5) is 4.39 Å². The second-order valence-electron chi connectivity index (χ2n) is 6.35. The normalized spacial score (nSPS) is 10.2. The first-order chi connectivity index (χ1) is 14.5. The summed E-state index contributed by atoms with van der Waals surface area (Å²) in [6.07, 6.45) is 3.51. The Hall–Kier alpha value is -3.41. The van der Waals surface area contributed by atoms with Gasteiger partial charge >= 0.3 is 5.97 Å². The summed E-state index contributed by atoms with van der Waals surface area (Å²) in [6.45, 7) is 9.58. The number of carbonyl (C=O) groups excluding carboxylic acids is 2. The minimum absolute atomic E-state index is 0.141. The smallest absolute Gasteiger partial charge is 0.310 e. The predicted molar refractivity (Wildman–Crippen MR) is 113 cm³/mol. The zero-order valence-corrected chi connectivity index (χ0v) is 17.2. The molecule has 0 saturated carbocycles. The Morgan fingerprint density at radius 2 is 1.60 bits per heavy atom. The molecule has 0 aliphatic heterocycles. The maximum Gasteiger partial charge on any atom is 0.310 e. The third-order valence-electron chi connectivity index (χ3n) is 4.42. The Bertz CT molecular complexity index is 932. The third kappa shape index (κ3) is 5.35. The summed E-state index contributed by atoms with van der Waals surface area (Å²) < 4.78 is 29.7. The fourth-order valence-electron chi connectivity index (χ4n) is 3.06. The van der Waals surface area contributed by atoms with E-state index in [2.05, 4.69) is 13.2 Å². The molecule has 0 N–H and O–H groups in total. The van der Waals surface area contributed by atoms with Crippen LogP contribution >= 0.6 is 0 Å². The van der Waals surface area contributed by atoms with E-state index in [9.17, 15) is 14.0 Å². The molecule has 2 rings (SSSR count). The Kier molecular flexibility index (Phi) is 8.35. The number of hydrogen-bond acceptors (Lipinski definition) is 5. The first kappa shape index (κ1) is 22.9. The van der Waals surface area contributed by atoms with Gasteiger partial charge in [-0.05, 0) is 41.8 Å². The Labute approximate surface area is 175 Å². The highest BCUT2D eigenvalue weighted by Gasteiger charge is 2.26. The zero-order chi connectivity index (χ0) is 22.1. The molecule has 0 heterocycles. The summed E-state index contributed by atoms with van der Waals surface area (Å²) in [7, 11) is 1.28. The van der Waals surface area contributed by atoms with Crippen molar-refractivity contribution in [3.63, 3.8) is 0 Å². The molecular weight excluding hydrogens is 387 g/mol. The van der Waals surface area contributed by atoms with Gasteiger partial charge in [-0.1, -0.05) is 32.2 Å². The minimum atomic E-state index is -0.506. The molecule has 0 aliphatic rings. The molecule has 6 heteroatoms. The van der Waals surface area contributed by atoms with Crippen molar-refractivity contribution >= 4 is 11.8 Å². The lowest BCUT2D eigenvalue weighted by Crippen LogP contribution is -2.16. The summed E-state index contributed by atoms with van der Waals surface area (Å²) >= 11 is 0. The van der Waals surface area contributed by atoms with Crippen LogP contribution in [0.5, 0.6) is 11.5 Å². The molecule has 0 saturated heterocycles. The van der Waals surface area contributed by atoms with Gasteiger partial charge in [-0.2, -0.15) is 0 Å². The van der Waals surface area contributed by atoms with Gasteiger partial charge in [0.05, 0.1) is 19.1 Å². The van der Waals surface area contributed by atoms with E-state index in [0.717, 1.165) is 0 Å². The number of ketones is 1. The maximum atomic E-state index is 13.4. The van der Waals surface area contributed by atoms with Crippen molar-refractivity contribution in [1.82, 2.24) is 0 Å². The quantitative estimate of drug-likeness (QED) is 0.310. The number of esters is 1. The van der Waals surface area contributed by atoms with Crippen LogP contribution in [0.1, 0.15) is 34.0 Å². The second kappa shape index (κ2) is 11.0. The molecule has 0 bridgehead atoms. The van der Waals surface area contributed by atoms with E-state index in [4.69, 9.17) is 14.2 Å². The van der Waals surface area contributed by atoms with Gasteiger partial charge in [-0.3, -0.25) is 9.59 Å². The molecule has 0 amide bonds. The first-order valence-corrected chi connectivity index (χ1v) is 9.49. The van der Waals surface area contributed by atoms with E-state index >= 15 is 0 Å². The van der Waals surface area contributed by atoms with Gasteiger partial charge in [0.25, 0.3) is 0 Å². The molecule has 0 fully saturated rings. The highest BCUT2D eigenvalue weighted by molar-refractivity contribution is 6.12. The highest BCUT2D eigenvalue weighted by Crippen LogP contribution is 2.36.